The Morgan fingerprint density at radius 3 is 2.13 bits per heavy atom. The van der Waals surface area contributed by atoms with Gasteiger partial charge < -0.3 is 4.90 Å². The van der Waals surface area contributed by atoms with E-state index >= 15 is 0 Å². The summed E-state index contributed by atoms with van der Waals surface area (Å²) >= 11 is 0. The summed E-state index contributed by atoms with van der Waals surface area (Å²) in [6, 6.07) is 13.5. The Bertz CT molecular complexity index is 1150. The van der Waals surface area contributed by atoms with Gasteiger partial charge in [-0.1, -0.05) is 19.4 Å². The molecule has 1 spiro atoms. The van der Waals surface area contributed by atoms with Crippen LogP contribution in [-0.2, 0) is 11.0 Å². The second-order valence-corrected chi connectivity index (χ2v) is 7.63. The van der Waals surface area contributed by atoms with Gasteiger partial charge in [0.15, 0.2) is 0 Å². The van der Waals surface area contributed by atoms with E-state index in [1.165, 1.54) is 11.0 Å². The number of hydrogen-bond acceptors (Lipinski definition) is 4. The predicted octanol–water partition coefficient (Wildman–Crippen LogP) is 5.09. The van der Waals surface area contributed by atoms with Gasteiger partial charge in [0.1, 0.15) is 11.4 Å². The fourth-order valence-electron chi connectivity index (χ4n) is 4.52. The van der Waals surface area contributed by atoms with Crippen molar-refractivity contribution in [3.63, 3.8) is 0 Å². The first kappa shape index (κ1) is 20.5. The number of anilines is 2. The molecule has 1 aliphatic heterocycles. The largest absolute Gasteiger partial charge is 0.417 e. The number of alkyl halides is 3. The predicted molar refractivity (Wildman–Crippen MR) is 108 cm³/mol. The Morgan fingerprint density at radius 1 is 0.968 bits per heavy atom. The van der Waals surface area contributed by atoms with Crippen molar-refractivity contribution >= 4 is 17.3 Å². The van der Waals surface area contributed by atoms with Gasteiger partial charge in [-0.25, -0.2) is 0 Å². The van der Waals surface area contributed by atoms with Crippen LogP contribution in [-0.4, -0.2) is 11.4 Å². The quantitative estimate of drug-likeness (QED) is 0.676. The van der Waals surface area contributed by atoms with Gasteiger partial charge >= 0.3 is 6.18 Å². The zero-order chi connectivity index (χ0) is 22.4. The van der Waals surface area contributed by atoms with E-state index in [1.54, 1.807) is 35.2 Å². The third kappa shape index (κ3) is 3.12. The zero-order valence-electron chi connectivity index (χ0n) is 16.4. The molecular formula is C23H17F3N4O. The fraction of sp³-hybridized carbons (Fsp3) is 0.261. The second-order valence-electron chi connectivity index (χ2n) is 7.63. The summed E-state index contributed by atoms with van der Waals surface area (Å²) in [6.07, 6.45) is -2.03. The van der Waals surface area contributed by atoms with Crippen LogP contribution in [0.2, 0.25) is 0 Å². The number of amides is 1. The molecule has 0 radical (unpaired) electrons. The lowest BCUT2D eigenvalue weighted by Gasteiger charge is -2.33. The number of nitrogens with zero attached hydrogens (tertiary/aromatic N) is 4. The third-order valence-electron chi connectivity index (χ3n) is 5.92. The molecule has 0 bridgehead atoms. The van der Waals surface area contributed by atoms with Crippen LogP contribution in [0, 0.1) is 22.7 Å². The van der Waals surface area contributed by atoms with Crippen LogP contribution in [0.4, 0.5) is 24.5 Å². The number of halogens is 3. The van der Waals surface area contributed by atoms with Gasteiger partial charge in [0.25, 0.3) is 5.91 Å². The van der Waals surface area contributed by atoms with Crippen molar-refractivity contribution in [2.45, 2.75) is 37.4 Å². The van der Waals surface area contributed by atoms with Gasteiger partial charge in [0.05, 0.1) is 34.5 Å². The average Bonchev–Trinajstić information content (AvgIpc) is 3.31. The van der Waals surface area contributed by atoms with Gasteiger partial charge in [-0.2, -0.15) is 23.7 Å². The third-order valence-corrected chi connectivity index (χ3v) is 5.92. The van der Waals surface area contributed by atoms with Crippen LogP contribution >= 0.6 is 0 Å². The number of hydrogen-bond donors (Lipinski definition) is 0. The van der Waals surface area contributed by atoms with Gasteiger partial charge in [-0.3, -0.25) is 9.69 Å². The van der Waals surface area contributed by atoms with Crippen molar-refractivity contribution in [3.05, 3.63) is 71.6 Å². The molecule has 0 atom stereocenters. The minimum Gasteiger partial charge on any atom is -0.313 e. The van der Waals surface area contributed by atoms with E-state index in [2.05, 4.69) is 6.58 Å². The molecule has 5 nitrogen and oxygen atoms in total. The molecule has 2 aromatic rings. The van der Waals surface area contributed by atoms with E-state index in [1.807, 2.05) is 6.07 Å². The number of carbonyl (C=O) groups is 1. The Hall–Kier alpha value is -3.78. The molecule has 2 aliphatic rings. The Balaban J connectivity index is 1.84. The molecule has 2 aromatic carbocycles. The van der Waals surface area contributed by atoms with Crippen molar-refractivity contribution in [2.24, 2.45) is 0 Å². The van der Waals surface area contributed by atoms with E-state index < -0.39 is 22.8 Å². The SMILES string of the molecule is C=C1N(c2ccc(C#N)c(C(F)(F)F)c2)C(=O)C2(CCCC2)N1c1ccc(C#N)cc1. The van der Waals surface area contributed by atoms with Gasteiger partial charge in [-0.15, -0.1) is 0 Å². The van der Waals surface area contributed by atoms with Gasteiger partial charge in [-0.05, 0) is 55.3 Å². The lowest BCUT2D eigenvalue weighted by molar-refractivity contribution is -0.137. The van der Waals surface area contributed by atoms with Crippen LogP contribution in [0.1, 0.15) is 42.4 Å². The van der Waals surface area contributed by atoms with Crippen LogP contribution in [0.3, 0.4) is 0 Å². The second kappa shape index (κ2) is 7.17. The Morgan fingerprint density at radius 2 is 1.58 bits per heavy atom. The van der Waals surface area contributed by atoms with E-state index in [4.69, 9.17) is 10.5 Å². The first-order valence-electron chi connectivity index (χ1n) is 9.68. The number of rotatable bonds is 2. The van der Waals surface area contributed by atoms with E-state index in [0.717, 1.165) is 25.0 Å². The van der Waals surface area contributed by atoms with Crippen molar-refractivity contribution < 1.29 is 18.0 Å². The van der Waals surface area contributed by atoms with Crippen LogP contribution in [0.5, 0.6) is 0 Å². The van der Waals surface area contributed by atoms with Crippen LogP contribution in [0.15, 0.2) is 54.9 Å². The summed E-state index contributed by atoms with van der Waals surface area (Å²) in [6.45, 7) is 4.04. The lowest BCUT2D eigenvalue weighted by atomic mass is 9.94. The molecule has 1 saturated heterocycles. The first-order chi connectivity index (χ1) is 14.7. The molecule has 31 heavy (non-hydrogen) atoms. The maximum Gasteiger partial charge on any atom is 0.417 e. The highest BCUT2D eigenvalue weighted by Gasteiger charge is 2.56. The Kier molecular flexibility index (Phi) is 4.74. The minimum absolute atomic E-state index is 0.0174. The summed E-state index contributed by atoms with van der Waals surface area (Å²) < 4.78 is 40.5. The first-order valence-corrected chi connectivity index (χ1v) is 9.68. The molecule has 0 unspecified atom stereocenters. The highest BCUT2D eigenvalue weighted by Crippen LogP contribution is 2.49. The highest BCUT2D eigenvalue weighted by molar-refractivity contribution is 6.10. The van der Waals surface area contributed by atoms with Crippen molar-refractivity contribution in [1.29, 1.82) is 10.5 Å². The zero-order valence-corrected chi connectivity index (χ0v) is 16.4. The standard InChI is InChI=1S/C23H17F3N4O/c1-15-29(19-9-6-17(14-28)20(12-19)23(24,25)26)21(31)22(10-2-3-11-22)30(15)18-7-4-16(13-27)5-8-18/h4-9,12H,1-3,10-11H2. The maximum absolute atomic E-state index is 13.6. The summed E-state index contributed by atoms with van der Waals surface area (Å²) in [7, 11) is 0. The monoisotopic (exact) mass is 422 g/mol. The van der Waals surface area contributed by atoms with Crippen molar-refractivity contribution in [3.8, 4) is 12.1 Å². The molecule has 0 aromatic heterocycles. The van der Waals surface area contributed by atoms with Gasteiger partial charge in [0.2, 0.25) is 0 Å². The number of benzene rings is 2. The average molecular weight is 422 g/mol. The van der Waals surface area contributed by atoms with Crippen LogP contribution in [0.25, 0.3) is 0 Å². The number of nitriles is 2. The molecule has 1 saturated carbocycles. The molecule has 8 heteroatoms. The Labute approximate surface area is 177 Å². The normalized spacial score (nSPS) is 17.8. The number of carbonyl (C=O) groups excluding carboxylic acids is 1. The fourth-order valence-corrected chi connectivity index (χ4v) is 4.52. The maximum atomic E-state index is 13.6. The topological polar surface area (TPSA) is 71.1 Å². The highest BCUT2D eigenvalue weighted by atomic mass is 19.4. The summed E-state index contributed by atoms with van der Waals surface area (Å²) in [4.78, 5) is 16.6. The summed E-state index contributed by atoms with van der Waals surface area (Å²) in [5.41, 5.74) is -1.41. The lowest BCUT2D eigenvalue weighted by Crippen LogP contribution is -2.46. The summed E-state index contributed by atoms with van der Waals surface area (Å²) in [5.74, 6) is -0.0911. The minimum atomic E-state index is -4.73. The molecular weight excluding hydrogens is 405 g/mol. The molecule has 1 aliphatic carbocycles. The van der Waals surface area contributed by atoms with Crippen molar-refractivity contribution in [1.82, 2.24) is 0 Å². The molecule has 2 fully saturated rings. The molecule has 4 rings (SSSR count). The summed E-state index contributed by atoms with van der Waals surface area (Å²) in [5, 5.41) is 18.1. The molecule has 0 N–H and O–H groups in total. The smallest absolute Gasteiger partial charge is 0.313 e. The van der Waals surface area contributed by atoms with Crippen molar-refractivity contribution in [2.75, 3.05) is 9.80 Å². The van der Waals surface area contributed by atoms with E-state index in [0.29, 0.717) is 24.1 Å². The van der Waals surface area contributed by atoms with E-state index in [9.17, 15) is 18.0 Å². The van der Waals surface area contributed by atoms with Crippen LogP contribution < -0.4 is 9.80 Å². The molecule has 156 valence electrons. The molecule has 1 heterocycles. The van der Waals surface area contributed by atoms with Gasteiger partial charge in [0, 0.05) is 5.69 Å². The van der Waals surface area contributed by atoms with E-state index in [-0.39, 0.29) is 17.4 Å². The molecule has 1 amide bonds.